The first-order valence-electron chi connectivity index (χ1n) is 8.27. The van der Waals surface area contributed by atoms with Gasteiger partial charge in [0.15, 0.2) is 0 Å². The highest BCUT2D eigenvalue weighted by Gasteiger charge is 2.29. The molecule has 3 heteroatoms. The monoisotopic (exact) mass is 283 g/mol. The Morgan fingerprint density at radius 1 is 1.19 bits per heavy atom. The van der Waals surface area contributed by atoms with Gasteiger partial charge < -0.3 is 10.2 Å². The molecular weight excluding hydrogens is 258 g/mol. The smallest absolute Gasteiger partial charge is 0.0839 e. The number of nitrogens with zero attached hydrogens (tertiary/aromatic N) is 2. The van der Waals surface area contributed by atoms with E-state index in [4.69, 9.17) is 0 Å². The highest BCUT2D eigenvalue weighted by molar-refractivity contribution is 5.25. The summed E-state index contributed by atoms with van der Waals surface area (Å²) in [4.78, 5) is 2.48. The van der Waals surface area contributed by atoms with Gasteiger partial charge in [-0.05, 0) is 56.8 Å². The first-order valence-corrected chi connectivity index (χ1v) is 8.27. The lowest BCUT2D eigenvalue weighted by Gasteiger charge is -2.35. The zero-order valence-corrected chi connectivity index (χ0v) is 12.7. The summed E-state index contributed by atoms with van der Waals surface area (Å²) in [6.45, 7) is 4.38. The SMILES string of the molecule is N#CC(CN1CCC(C2CCCN2)CC1)c1ccccc1. The molecule has 0 spiro atoms. The predicted octanol–water partition coefficient (Wildman–Crippen LogP) is 2.76. The molecule has 0 saturated carbocycles. The number of piperidine rings is 1. The van der Waals surface area contributed by atoms with E-state index in [1.807, 2.05) is 18.2 Å². The van der Waals surface area contributed by atoms with Crippen molar-refractivity contribution in [3.05, 3.63) is 35.9 Å². The van der Waals surface area contributed by atoms with Crippen molar-refractivity contribution >= 4 is 0 Å². The molecule has 0 radical (unpaired) electrons. The second-order valence-electron chi connectivity index (χ2n) is 6.43. The van der Waals surface area contributed by atoms with Crippen LogP contribution >= 0.6 is 0 Å². The molecule has 0 aromatic heterocycles. The van der Waals surface area contributed by atoms with Crippen molar-refractivity contribution in [2.24, 2.45) is 5.92 Å². The lowest BCUT2D eigenvalue weighted by molar-refractivity contribution is 0.161. The van der Waals surface area contributed by atoms with Gasteiger partial charge in [0.05, 0.1) is 12.0 Å². The fourth-order valence-electron chi connectivity index (χ4n) is 3.82. The molecule has 0 bridgehead atoms. The molecule has 3 nitrogen and oxygen atoms in total. The van der Waals surface area contributed by atoms with Gasteiger partial charge in [-0.1, -0.05) is 30.3 Å². The molecule has 3 rings (SSSR count). The summed E-state index contributed by atoms with van der Waals surface area (Å²) in [6.07, 6.45) is 5.26. The van der Waals surface area contributed by atoms with E-state index >= 15 is 0 Å². The molecule has 0 aliphatic carbocycles. The van der Waals surface area contributed by atoms with Gasteiger partial charge >= 0.3 is 0 Å². The number of rotatable bonds is 4. The Kier molecular flexibility index (Phi) is 4.90. The van der Waals surface area contributed by atoms with E-state index in [1.165, 1.54) is 32.2 Å². The number of likely N-dealkylation sites (tertiary alicyclic amines) is 1. The fraction of sp³-hybridized carbons (Fsp3) is 0.611. The number of hydrogen-bond acceptors (Lipinski definition) is 3. The molecule has 2 fully saturated rings. The number of nitrogens with one attached hydrogen (secondary N) is 1. The van der Waals surface area contributed by atoms with E-state index in [2.05, 4.69) is 28.4 Å². The second kappa shape index (κ2) is 7.06. The number of nitriles is 1. The molecule has 2 aliphatic heterocycles. The summed E-state index contributed by atoms with van der Waals surface area (Å²) in [5.41, 5.74) is 1.15. The summed E-state index contributed by atoms with van der Waals surface area (Å²) in [7, 11) is 0. The Labute approximate surface area is 128 Å². The lowest BCUT2D eigenvalue weighted by atomic mass is 9.88. The zero-order valence-electron chi connectivity index (χ0n) is 12.7. The van der Waals surface area contributed by atoms with Crippen LogP contribution in [0.3, 0.4) is 0 Å². The molecule has 1 aromatic rings. The van der Waals surface area contributed by atoms with Crippen LogP contribution in [0.5, 0.6) is 0 Å². The Morgan fingerprint density at radius 3 is 2.57 bits per heavy atom. The Morgan fingerprint density at radius 2 is 1.95 bits per heavy atom. The number of hydrogen-bond donors (Lipinski definition) is 1. The van der Waals surface area contributed by atoms with Crippen molar-refractivity contribution in [1.82, 2.24) is 10.2 Å². The van der Waals surface area contributed by atoms with E-state index in [0.29, 0.717) is 0 Å². The minimum Gasteiger partial charge on any atom is -0.314 e. The maximum atomic E-state index is 9.45. The molecule has 21 heavy (non-hydrogen) atoms. The minimum absolute atomic E-state index is 0.00681. The normalized spacial score (nSPS) is 25.6. The van der Waals surface area contributed by atoms with E-state index < -0.39 is 0 Å². The van der Waals surface area contributed by atoms with Gasteiger partial charge in [0.1, 0.15) is 0 Å². The third-order valence-corrected chi connectivity index (χ3v) is 5.10. The van der Waals surface area contributed by atoms with Crippen LogP contribution in [0.2, 0.25) is 0 Å². The lowest BCUT2D eigenvalue weighted by Crippen LogP contribution is -2.42. The Hall–Kier alpha value is -1.37. The minimum atomic E-state index is 0.00681. The Bertz CT molecular complexity index is 465. The fourth-order valence-corrected chi connectivity index (χ4v) is 3.82. The van der Waals surface area contributed by atoms with E-state index in [-0.39, 0.29) is 5.92 Å². The molecule has 112 valence electrons. The van der Waals surface area contributed by atoms with Crippen LogP contribution in [0, 0.1) is 17.2 Å². The third-order valence-electron chi connectivity index (χ3n) is 5.10. The van der Waals surface area contributed by atoms with Gasteiger partial charge in [-0.25, -0.2) is 0 Å². The molecule has 2 aliphatic rings. The summed E-state index contributed by atoms with van der Waals surface area (Å²) in [6, 6.07) is 13.4. The molecule has 1 N–H and O–H groups in total. The Balaban J connectivity index is 1.51. The van der Waals surface area contributed by atoms with Gasteiger partial charge in [0, 0.05) is 12.6 Å². The van der Waals surface area contributed by atoms with E-state index in [1.54, 1.807) is 0 Å². The van der Waals surface area contributed by atoms with Crippen LogP contribution in [-0.4, -0.2) is 37.1 Å². The van der Waals surface area contributed by atoms with Crippen LogP contribution in [0.15, 0.2) is 30.3 Å². The average Bonchev–Trinajstić information content (AvgIpc) is 3.08. The zero-order chi connectivity index (χ0) is 14.5. The highest BCUT2D eigenvalue weighted by Crippen LogP contribution is 2.27. The topological polar surface area (TPSA) is 39.1 Å². The molecule has 2 saturated heterocycles. The van der Waals surface area contributed by atoms with Crippen LogP contribution in [0.4, 0.5) is 0 Å². The van der Waals surface area contributed by atoms with E-state index in [0.717, 1.165) is 37.2 Å². The van der Waals surface area contributed by atoms with Crippen molar-refractivity contribution in [2.75, 3.05) is 26.2 Å². The maximum absolute atomic E-state index is 9.45. The van der Waals surface area contributed by atoms with Crippen LogP contribution in [-0.2, 0) is 0 Å². The van der Waals surface area contributed by atoms with Gasteiger partial charge in [-0.3, -0.25) is 0 Å². The molecule has 1 aromatic carbocycles. The van der Waals surface area contributed by atoms with Crippen LogP contribution in [0.1, 0.15) is 37.2 Å². The van der Waals surface area contributed by atoms with Gasteiger partial charge in [0.25, 0.3) is 0 Å². The van der Waals surface area contributed by atoms with Gasteiger partial charge in [-0.2, -0.15) is 5.26 Å². The van der Waals surface area contributed by atoms with E-state index in [9.17, 15) is 5.26 Å². The first kappa shape index (κ1) is 14.6. The van der Waals surface area contributed by atoms with Gasteiger partial charge in [-0.15, -0.1) is 0 Å². The van der Waals surface area contributed by atoms with Crippen molar-refractivity contribution < 1.29 is 0 Å². The van der Waals surface area contributed by atoms with Crippen molar-refractivity contribution in [2.45, 2.75) is 37.6 Å². The van der Waals surface area contributed by atoms with Crippen molar-refractivity contribution in [3.63, 3.8) is 0 Å². The third kappa shape index (κ3) is 3.64. The van der Waals surface area contributed by atoms with Crippen molar-refractivity contribution in [1.29, 1.82) is 5.26 Å². The molecule has 2 atom stereocenters. The largest absolute Gasteiger partial charge is 0.314 e. The quantitative estimate of drug-likeness (QED) is 0.923. The van der Waals surface area contributed by atoms with Crippen molar-refractivity contribution in [3.8, 4) is 6.07 Å². The predicted molar refractivity (Wildman–Crippen MR) is 85.0 cm³/mol. The summed E-state index contributed by atoms with van der Waals surface area (Å²) < 4.78 is 0. The standard InChI is InChI=1S/C18H25N3/c19-13-17(15-5-2-1-3-6-15)14-21-11-8-16(9-12-21)18-7-4-10-20-18/h1-3,5-6,16-18,20H,4,7-12,14H2. The molecule has 2 heterocycles. The summed E-state index contributed by atoms with van der Waals surface area (Å²) in [5.74, 6) is 0.855. The van der Waals surface area contributed by atoms with Crippen LogP contribution < -0.4 is 5.32 Å². The first-order chi connectivity index (χ1) is 10.4. The summed E-state index contributed by atoms with van der Waals surface area (Å²) >= 11 is 0. The molecular formula is C18H25N3. The average molecular weight is 283 g/mol. The van der Waals surface area contributed by atoms with Crippen LogP contribution in [0.25, 0.3) is 0 Å². The molecule has 0 amide bonds. The second-order valence-corrected chi connectivity index (χ2v) is 6.43. The highest BCUT2D eigenvalue weighted by atomic mass is 15.1. The maximum Gasteiger partial charge on any atom is 0.0839 e. The summed E-state index contributed by atoms with van der Waals surface area (Å²) in [5, 5.41) is 13.1. The molecule has 2 unspecified atom stereocenters. The van der Waals surface area contributed by atoms with Gasteiger partial charge in [0.2, 0.25) is 0 Å². The number of benzene rings is 1.